The first kappa shape index (κ1) is 14.3. The average molecular weight is 294 g/mol. The minimum atomic E-state index is -0.154. The predicted octanol–water partition coefficient (Wildman–Crippen LogP) is 4.75. The van der Waals surface area contributed by atoms with E-state index in [1.54, 1.807) is 18.2 Å². The Labute approximate surface area is 129 Å². The van der Waals surface area contributed by atoms with Gasteiger partial charge in [0.2, 0.25) is 0 Å². The van der Waals surface area contributed by atoms with Gasteiger partial charge in [-0.2, -0.15) is 0 Å². The number of pyridine rings is 1. The predicted molar refractivity (Wildman–Crippen MR) is 86.2 cm³/mol. The molecular formula is C17H18N4O. The molecule has 0 aliphatic carbocycles. The number of rotatable bonds is 2. The summed E-state index contributed by atoms with van der Waals surface area (Å²) in [7, 11) is 0. The second-order valence-electron chi connectivity index (χ2n) is 6.15. The highest BCUT2D eigenvalue weighted by Gasteiger charge is 2.24. The van der Waals surface area contributed by atoms with Crippen LogP contribution in [0.1, 0.15) is 26.5 Å². The number of hydrogen-bond donors (Lipinski definition) is 1. The second-order valence-corrected chi connectivity index (χ2v) is 6.15. The third-order valence-electron chi connectivity index (χ3n) is 3.35. The first-order valence-electron chi connectivity index (χ1n) is 7.14. The van der Waals surface area contributed by atoms with Crippen LogP contribution in [-0.2, 0) is 5.41 Å². The Balaban J connectivity index is 2.15. The topological polar surface area (TPSA) is 62.2 Å². The number of nitrogens with zero attached hydrogens (tertiary/aromatic N) is 4. The SMILES string of the molecule is CC(C)(C)c1nc2ccccn2c1N=Nc1ccccc1O. The summed E-state index contributed by atoms with van der Waals surface area (Å²) in [5, 5.41) is 18.3. The quantitative estimate of drug-likeness (QED) is 0.693. The third-order valence-corrected chi connectivity index (χ3v) is 3.35. The first-order chi connectivity index (χ1) is 10.5. The van der Waals surface area contributed by atoms with Crippen molar-refractivity contribution in [1.29, 1.82) is 0 Å². The molecule has 0 bridgehead atoms. The molecule has 0 atom stereocenters. The van der Waals surface area contributed by atoms with E-state index < -0.39 is 0 Å². The number of aromatic hydroxyl groups is 1. The number of imidazole rings is 1. The van der Waals surface area contributed by atoms with Gasteiger partial charge in [-0.05, 0) is 24.3 Å². The lowest BCUT2D eigenvalue weighted by Crippen LogP contribution is -2.11. The maximum atomic E-state index is 9.81. The minimum Gasteiger partial charge on any atom is -0.506 e. The van der Waals surface area contributed by atoms with E-state index in [1.165, 1.54) is 0 Å². The van der Waals surface area contributed by atoms with Gasteiger partial charge in [0, 0.05) is 11.6 Å². The standard InChI is InChI=1S/C17H18N4O/c1-17(2,3)15-16(21-11-7-6-10-14(21)18-15)20-19-12-8-4-5-9-13(12)22/h4-11,22H,1-3H3. The summed E-state index contributed by atoms with van der Waals surface area (Å²) in [5.41, 5.74) is 1.99. The van der Waals surface area contributed by atoms with Gasteiger partial charge in [-0.15, -0.1) is 10.2 Å². The number of para-hydroxylation sites is 1. The highest BCUT2D eigenvalue weighted by molar-refractivity contribution is 5.55. The van der Waals surface area contributed by atoms with Crippen molar-refractivity contribution in [3.63, 3.8) is 0 Å². The molecular weight excluding hydrogens is 276 g/mol. The van der Waals surface area contributed by atoms with Gasteiger partial charge in [0.25, 0.3) is 0 Å². The largest absolute Gasteiger partial charge is 0.506 e. The van der Waals surface area contributed by atoms with Crippen LogP contribution in [0.4, 0.5) is 11.5 Å². The van der Waals surface area contributed by atoms with E-state index in [2.05, 4.69) is 36.0 Å². The molecule has 5 heteroatoms. The molecule has 22 heavy (non-hydrogen) atoms. The van der Waals surface area contributed by atoms with Crippen LogP contribution in [0, 0.1) is 0 Å². The molecule has 112 valence electrons. The molecule has 0 amide bonds. The van der Waals surface area contributed by atoms with Crippen LogP contribution >= 0.6 is 0 Å². The molecule has 2 aromatic heterocycles. The average Bonchev–Trinajstić information content (AvgIpc) is 2.85. The Morgan fingerprint density at radius 1 is 1.00 bits per heavy atom. The van der Waals surface area contributed by atoms with E-state index in [-0.39, 0.29) is 11.2 Å². The Bertz CT molecular complexity index is 843. The Kier molecular flexibility index (Phi) is 3.41. The Morgan fingerprint density at radius 2 is 1.73 bits per heavy atom. The monoisotopic (exact) mass is 294 g/mol. The molecule has 0 spiro atoms. The molecule has 0 fully saturated rings. The van der Waals surface area contributed by atoms with Crippen molar-refractivity contribution < 1.29 is 5.11 Å². The van der Waals surface area contributed by atoms with Crippen LogP contribution in [0.15, 0.2) is 58.9 Å². The molecule has 0 saturated heterocycles. The van der Waals surface area contributed by atoms with Crippen molar-refractivity contribution in [2.75, 3.05) is 0 Å². The molecule has 0 unspecified atom stereocenters. The molecule has 0 saturated carbocycles. The molecule has 2 heterocycles. The molecule has 0 aliphatic heterocycles. The van der Waals surface area contributed by atoms with Crippen molar-refractivity contribution >= 4 is 17.2 Å². The van der Waals surface area contributed by atoms with Gasteiger partial charge in [0.05, 0.1) is 5.69 Å². The number of fused-ring (bicyclic) bond motifs is 1. The van der Waals surface area contributed by atoms with E-state index in [9.17, 15) is 5.11 Å². The zero-order valence-corrected chi connectivity index (χ0v) is 12.9. The van der Waals surface area contributed by atoms with Crippen LogP contribution in [0.25, 0.3) is 5.65 Å². The van der Waals surface area contributed by atoms with Crippen LogP contribution in [-0.4, -0.2) is 14.5 Å². The van der Waals surface area contributed by atoms with Gasteiger partial charge in [-0.25, -0.2) is 4.98 Å². The summed E-state index contributed by atoms with van der Waals surface area (Å²) in [6, 6.07) is 12.7. The zero-order valence-electron chi connectivity index (χ0n) is 12.9. The normalized spacial score (nSPS) is 12.3. The van der Waals surface area contributed by atoms with Gasteiger partial charge in [0.1, 0.15) is 17.1 Å². The van der Waals surface area contributed by atoms with E-state index in [4.69, 9.17) is 0 Å². The van der Waals surface area contributed by atoms with Gasteiger partial charge in [0.15, 0.2) is 5.82 Å². The van der Waals surface area contributed by atoms with Gasteiger partial charge < -0.3 is 5.11 Å². The molecule has 1 N–H and O–H groups in total. The van der Waals surface area contributed by atoms with Crippen LogP contribution in [0.5, 0.6) is 5.75 Å². The summed E-state index contributed by atoms with van der Waals surface area (Å²) in [6.45, 7) is 6.27. The summed E-state index contributed by atoms with van der Waals surface area (Å²) in [5.74, 6) is 0.795. The van der Waals surface area contributed by atoms with Crippen LogP contribution < -0.4 is 0 Å². The summed E-state index contributed by atoms with van der Waals surface area (Å²) in [6.07, 6.45) is 1.91. The summed E-state index contributed by atoms with van der Waals surface area (Å²) in [4.78, 5) is 4.67. The lowest BCUT2D eigenvalue weighted by Gasteiger charge is -2.15. The molecule has 0 aliphatic rings. The second kappa shape index (κ2) is 5.26. The van der Waals surface area contributed by atoms with Crippen molar-refractivity contribution in [2.45, 2.75) is 26.2 Å². The third kappa shape index (κ3) is 2.57. The Morgan fingerprint density at radius 3 is 2.45 bits per heavy atom. The van der Waals surface area contributed by atoms with Gasteiger partial charge in [-0.3, -0.25) is 4.40 Å². The van der Waals surface area contributed by atoms with Crippen molar-refractivity contribution in [1.82, 2.24) is 9.38 Å². The molecule has 1 aromatic carbocycles. The number of aromatic nitrogens is 2. The number of azo groups is 1. The van der Waals surface area contributed by atoms with E-state index in [1.807, 2.05) is 34.9 Å². The fraction of sp³-hybridized carbons (Fsp3) is 0.235. The smallest absolute Gasteiger partial charge is 0.183 e. The summed E-state index contributed by atoms with van der Waals surface area (Å²) < 4.78 is 1.91. The van der Waals surface area contributed by atoms with E-state index >= 15 is 0 Å². The highest BCUT2D eigenvalue weighted by Crippen LogP contribution is 2.34. The van der Waals surface area contributed by atoms with Crippen LogP contribution in [0.3, 0.4) is 0 Å². The number of hydrogen-bond acceptors (Lipinski definition) is 4. The fourth-order valence-electron chi connectivity index (χ4n) is 2.23. The molecule has 5 nitrogen and oxygen atoms in total. The van der Waals surface area contributed by atoms with E-state index in [0.29, 0.717) is 11.5 Å². The maximum absolute atomic E-state index is 9.81. The first-order valence-corrected chi connectivity index (χ1v) is 7.14. The fourth-order valence-corrected chi connectivity index (χ4v) is 2.23. The van der Waals surface area contributed by atoms with Crippen molar-refractivity contribution in [3.8, 4) is 5.75 Å². The lowest BCUT2D eigenvalue weighted by molar-refractivity contribution is 0.476. The van der Waals surface area contributed by atoms with Crippen molar-refractivity contribution in [3.05, 3.63) is 54.4 Å². The highest BCUT2D eigenvalue weighted by atomic mass is 16.3. The molecule has 0 radical (unpaired) electrons. The maximum Gasteiger partial charge on any atom is 0.183 e. The van der Waals surface area contributed by atoms with Gasteiger partial charge >= 0.3 is 0 Å². The number of phenols is 1. The van der Waals surface area contributed by atoms with Crippen LogP contribution in [0.2, 0.25) is 0 Å². The minimum absolute atomic E-state index is 0.109. The zero-order chi connectivity index (χ0) is 15.7. The van der Waals surface area contributed by atoms with Crippen molar-refractivity contribution in [2.24, 2.45) is 10.2 Å². The molecule has 3 rings (SSSR count). The number of phenolic OH excluding ortho intramolecular Hbond substituents is 1. The lowest BCUT2D eigenvalue weighted by atomic mass is 9.92. The van der Waals surface area contributed by atoms with Gasteiger partial charge in [-0.1, -0.05) is 39.0 Å². The number of benzene rings is 1. The molecule has 3 aromatic rings. The summed E-state index contributed by atoms with van der Waals surface area (Å²) >= 11 is 0. The Hall–Kier alpha value is -2.69. The van der Waals surface area contributed by atoms with E-state index in [0.717, 1.165) is 11.3 Å².